The number of nitrogens with zero attached hydrogens (tertiary/aromatic N) is 3. The first-order valence-electron chi connectivity index (χ1n) is 6.46. The maximum Gasteiger partial charge on any atom is 0.191 e. The summed E-state index contributed by atoms with van der Waals surface area (Å²) in [5, 5.41) is 1.53. The highest BCUT2D eigenvalue weighted by Crippen LogP contribution is 2.31. The van der Waals surface area contributed by atoms with Crippen molar-refractivity contribution in [3.63, 3.8) is 0 Å². The summed E-state index contributed by atoms with van der Waals surface area (Å²) in [6.45, 7) is 4.35. The number of nitrogen functional groups attached to an aromatic ring is 1. The second-order valence-corrected chi connectivity index (χ2v) is 7.27. The van der Waals surface area contributed by atoms with Gasteiger partial charge in [0.15, 0.2) is 5.16 Å². The molecule has 4 nitrogen and oxygen atoms in total. The van der Waals surface area contributed by atoms with Crippen LogP contribution in [-0.4, -0.2) is 21.2 Å². The number of anilines is 1. The van der Waals surface area contributed by atoms with Crippen LogP contribution in [0.4, 0.5) is 5.82 Å². The van der Waals surface area contributed by atoms with Crippen LogP contribution in [0.2, 0.25) is 0 Å². The number of nitrogens with two attached hydrogens (primary N) is 1. The van der Waals surface area contributed by atoms with Crippen molar-refractivity contribution in [2.24, 2.45) is 0 Å². The predicted molar refractivity (Wildman–Crippen MR) is 93.8 cm³/mol. The van der Waals surface area contributed by atoms with Gasteiger partial charge in [0.1, 0.15) is 10.8 Å². The van der Waals surface area contributed by atoms with Gasteiger partial charge in [-0.25, -0.2) is 9.97 Å². The molecular formula is C14H17BrN4S2. The van der Waals surface area contributed by atoms with E-state index in [1.54, 1.807) is 23.5 Å². The Kier molecular flexibility index (Phi) is 5.89. The van der Waals surface area contributed by atoms with Crippen molar-refractivity contribution in [3.05, 3.63) is 34.1 Å². The van der Waals surface area contributed by atoms with Crippen LogP contribution < -0.4 is 5.73 Å². The van der Waals surface area contributed by atoms with Crippen LogP contribution in [0.15, 0.2) is 33.0 Å². The quantitative estimate of drug-likeness (QED) is 0.469. The Morgan fingerprint density at radius 2 is 2.10 bits per heavy atom. The zero-order valence-corrected chi connectivity index (χ0v) is 15.3. The van der Waals surface area contributed by atoms with Gasteiger partial charge in [0.05, 0.1) is 10.2 Å². The average molecular weight is 385 g/mol. The molecule has 21 heavy (non-hydrogen) atoms. The van der Waals surface area contributed by atoms with Crippen molar-refractivity contribution >= 4 is 45.3 Å². The van der Waals surface area contributed by atoms with E-state index in [1.165, 1.54) is 5.56 Å². The number of pyridine rings is 1. The molecule has 0 unspecified atom stereocenters. The summed E-state index contributed by atoms with van der Waals surface area (Å²) in [6.07, 6.45) is 3.82. The van der Waals surface area contributed by atoms with Crippen LogP contribution in [-0.2, 0) is 5.75 Å². The minimum Gasteiger partial charge on any atom is -0.383 e. The maximum atomic E-state index is 5.89. The first-order chi connectivity index (χ1) is 10.0. The van der Waals surface area contributed by atoms with E-state index in [1.807, 2.05) is 12.5 Å². The van der Waals surface area contributed by atoms with Gasteiger partial charge in [0.25, 0.3) is 0 Å². The van der Waals surface area contributed by atoms with Crippen LogP contribution >= 0.6 is 39.5 Å². The molecule has 2 aromatic heterocycles. The molecule has 0 amide bonds. The highest BCUT2D eigenvalue weighted by molar-refractivity contribution is 9.10. The lowest BCUT2D eigenvalue weighted by atomic mass is 10.0. The molecule has 7 heteroatoms. The molecule has 0 aliphatic carbocycles. The summed E-state index contributed by atoms with van der Waals surface area (Å²) < 4.78 is 0.763. The van der Waals surface area contributed by atoms with Gasteiger partial charge in [0.2, 0.25) is 0 Å². The SMILES string of the molecule is CSc1nc(SCc2cc(C(C)C)ccn2)nc(N)c1Br. The van der Waals surface area contributed by atoms with E-state index in [-0.39, 0.29) is 0 Å². The minimum absolute atomic E-state index is 0.473. The first kappa shape index (κ1) is 16.6. The molecule has 0 atom stereocenters. The topological polar surface area (TPSA) is 64.7 Å². The molecule has 0 spiro atoms. The molecule has 2 rings (SSSR count). The number of thioether (sulfide) groups is 2. The van der Waals surface area contributed by atoms with Gasteiger partial charge in [-0.2, -0.15) is 0 Å². The number of hydrogen-bond acceptors (Lipinski definition) is 6. The van der Waals surface area contributed by atoms with Gasteiger partial charge in [-0.05, 0) is 45.8 Å². The molecular weight excluding hydrogens is 368 g/mol. The van der Waals surface area contributed by atoms with E-state index in [0.717, 1.165) is 20.9 Å². The minimum atomic E-state index is 0.473. The van der Waals surface area contributed by atoms with Crippen molar-refractivity contribution in [3.8, 4) is 0 Å². The van der Waals surface area contributed by atoms with Crippen molar-refractivity contribution in [1.82, 2.24) is 15.0 Å². The summed E-state index contributed by atoms with van der Waals surface area (Å²) in [6, 6.07) is 4.19. The van der Waals surface area contributed by atoms with Crippen LogP contribution in [0, 0.1) is 0 Å². The molecule has 0 saturated carbocycles. The molecule has 0 saturated heterocycles. The van der Waals surface area contributed by atoms with E-state index in [4.69, 9.17) is 5.73 Å². The van der Waals surface area contributed by atoms with Crippen molar-refractivity contribution in [2.75, 3.05) is 12.0 Å². The maximum absolute atomic E-state index is 5.89. The summed E-state index contributed by atoms with van der Waals surface area (Å²) in [7, 11) is 0. The van der Waals surface area contributed by atoms with Gasteiger partial charge in [0, 0.05) is 11.9 Å². The Labute approximate surface area is 141 Å². The van der Waals surface area contributed by atoms with Crippen LogP contribution in [0.5, 0.6) is 0 Å². The highest BCUT2D eigenvalue weighted by atomic mass is 79.9. The summed E-state index contributed by atoms with van der Waals surface area (Å²) in [4.78, 5) is 13.2. The lowest BCUT2D eigenvalue weighted by Gasteiger charge is -2.08. The molecule has 2 N–H and O–H groups in total. The lowest BCUT2D eigenvalue weighted by molar-refractivity contribution is 0.857. The second-order valence-electron chi connectivity index (χ2n) is 4.74. The molecule has 0 radical (unpaired) electrons. The van der Waals surface area contributed by atoms with E-state index in [9.17, 15) is 0 Å². The Morgan fingerprint density at radius 1 is 1.33 bits per heavy atom. The molecule has 112 valence electrons. The zero-order valence-electron chi connectivity index (χ0n) is 12.1. The molecule has 0 aliphatic heterocycles. The molecule has 0 fully saturated rings. The molecule has 2 aromatic rings. The fraction of sp³-hybridized carbons (Fsp3) is 0.357. The summed E-state index contributed by atoms with van der Waals surface area (Å²) >= 11 is 6.50. The Bertz CT molecular complexity index is 634. The number of halogens is 1. The monoisotopic (exact) mass is 384 g/mol. The van der Waals surface area contributed by atoms with E-state index < -0.39 is 0 Å². The normalized spacial score (nSPS) is 11.1. The van der Waals surface area contributed by atoms with Gasteiger partial charge in [-0.15, -0.1) is 11.8 Å². The number of hydrogen-bond donors (Lipinski definition) is 1. The third kappa shape index (κ3) is 4.34. The van der Waals surface area contributed by atoms with Gasteiger partial charge < -0.3 is 5.73 Å². The van der Waals surface area contributed by atoms with Gasteiger partial charge >= 0.3 is 0 Å². The van der Waals surface area contributed by atoms with Crippen molar-refractivity contribution in [2.45, 2.75) is 35.7 Å². The van der Waals surface area contributed by atoms with Gasteiger partial charge in [-0.3, -0.25) is 4.98 Å². The van der Waals surface area contributed by atoms with E-state index in [2.05, 4.69) is 56.9 Å². The van der Waals surface area contributed by atoms with Gasteiger partial charge in [-0.1, -0.05) is 25.6 Å². The molecule has 0 bridgehead atoms. The molecule has 0 aliphatic rings. The Morgan fingerprint density at radius 3 is 2.76 bits per heavy atom. The molecule has 2 heterocycles. The van der Waals surface area contributed by atoms with Crippen LogP contribution in [0.25, 0.3) is 0 Å². The Hall–Kier alpha value is -0.790. The first-order valence-corrected chi connectivity index (χ1v) is 9.46. The van der Waals surface area contributed by atoms with E-state index >= 15 is 0 Å². The highest BCUT2D eigenvalue weighted by Gasteiger charge is 2.10. The zero-order chi connectivity index (χ0) is 15.4. The number of rotatable bonds is 5. The molecule has 0 aromatic carbocycles. The fourth-order valence-electron chi connectivity index (χ4n) is 1.70. The average Bonchev–Trinajstić information content (AvgIpc) is 2.48. The number of aromatic nitrogens is 3. The Balaban J connectivity index is 2.13. The largest absolute Gasteiger partial charge is 0.383 e. The third-order valence-corrected chi connectivity index (χ3v) is 5.48. The van der Waals surface area contributed by atoms with E-state index in [0.29, 0.717) is 16.9 Å². The summed E-state index contributed by atoms with van der Waals surface area (Å²) in [5.41, 5.74) is 8.21. The van der Waals surface area contributed by atoms with Crippen molar-refractivity contribution in [1.29, 1.82) is 0 Å². The van der Waals surface area contributed by atoms with Crippen LogP contribution in [0.1, 0.15) is 31.0 Å². The third-order valence-electron chi connectivity index (χ3n) is 2.88. The lowest BCUT2D eigenvalue weighted by Crippen LogP contribution is -1.99. The standard InChI is InChI=1S/C14H17BrN4S2/c1-8(2)9-4-5-17-10(6-9)7-21-14-18-12(16)11(15)13(19-14)20-3/h4-6,8H,7H2,1-3H3,(H2,16,18,19). The predicted octanol–water partition coefficient (Wildman–Crippen LogP) is 4.35. The van der Waals surface area contributed by atoms with Crippen LogP contribution in [0.3, 0.4) is 0 Å². The fourth-order valence-corrected chi connectivity index (χ4v) is 3.63. The summed E-state index contributed by atoms with van der Waals surface area (Å²) in [5.74, 6) is 1.70. The smallest absolute Gasteiger partial charge is 0.191 e. The van der Waals surface area contributed by atoms with Crippen molar-refractivity contribution < 1.29 is 0 Å². The second kappa shape index (κ2) is 7.47.